The van der Waals surface area contributed by atoms with Crippen LogP contribution in [0.4, 0.5) is 5.13 Å². The number of aromatic nitrogens is 1. The van der Waals surface area contributed by atoms with Gasteiger partial charge in [-0.15, -0.1) is 11.3 Å². The maximum atomic E-state index is 12.6. The predicted molar refractivity (Wildman–Crippen MR) is 118 cm³/mol. The molecule has 0 bridgehead atoms. The molecule has 0 spiro atoms. The highest BCUT2D eigenvalue weighted by molar-refractivity contribution is 7.14. The number of carbonyl (C=O) groups is 1. The van der Waals surface area contributed by atoms with Crippen LogP contribution in [0.1, 0.15) is 28.8 Å². The highest BCUT2D eigenvalue weighted by Gasteiger charge is 2.16. The Morgan fingerprint density at radius 2 is 2.10 bits per heavy atom. The number of ether oxygens (including phenoxy) is 3. The molecule has 1 N–H and O–H groups in total. The van der Waals surface area contributed by atoms with E-state index in [1.165, 1.54) is 11.3 Å². The predicted octanol–water partition coefficient (Wildman–Crippen LogP) is 4.94. The van der Waals surface area contributed by atoms with Crippen LogP contribution >= 0.6 is 11.3 Å². The van der Waals surface area contributed by atoms with Crippen molar-refractivity contribution in [2.24, 2.45) is 0 Å². The Balaban J connectivity index is 1.39. The van der Waals surface area contributed by atoms with Gasteiger partial charge in [0.15, 0.2) is 5.13 Å². The van der Waals surface area contributed by atoms with E-state index in [-0.39, 0.29) is 12.0 Å². The molecule has 0 radical (unpaired) electrons. The largest absolute Gasteiger partial charge is 0.496 e. The Labute approximate surface area is 179 Å². The van der Waals surface area contributed by atoms with Gasteiger partial charge in [-0.05, 0) is 56.2 Å². The minimum absolute atomic E-state index is 0.166. The van der Waals surface area contributed by atoms with Crippen molar-refractivity contribution >= 4 is 22.4 Å². The van der Waals surface area contributed by atoms with E-state index in [0.29, 0.717) is 17.3 Å². The molecule has 3 aromatic rings. The van der Waals surface area contributed by atoms with E-state index in [1.807, 2.05) is 30.5 Å². The minimum atomic E-state index is -0.210. The van der Waals surface area contributed by atoms with Crippen LogP contribution < -0.4 is 14.8 Å². The van der Waals surface area contributed by atoms with Crippen molar-refractivity contribution in [3.05, 3.63) is 59.0 Å². The number of aryl methyl sites for hydroxylation is 1. The summed E-state index contributed by atoms with van der Waals surface area (Å²) in [6, 6.07) is 13.0. The average Bonchev–Trinajstić information content (AvgIpc) is 3.45. The number of methoxy groups -OCH3 is 1. The quantitative estimate of drug-likeness (QED) is 0.582. The number of anilines is 1. The highest BCUT2D eigenvalue weighted by atomic mass is 32.1. The van der Waals surface area contributed by atoms with Gasteiger partial charge in [-0.1, -0.05) is 11.6 Å². The van der Waals surface area contributed by atoms with Crippen molar-refractivity contribution in [1.29, 1.82) is 0 Å². The van der Waals surface area contributed by atoms with Crippen molar-refractivity contribution in [1.82, 2.24) is 4.98 Å². The molecule has 1 aliphatic rings. The zero-order valence-corrected chi connectivity index (χ0v) is 17.8. The summed E-state index contributed by atoms with van der Waals surface area (Å²) in [6.07, 6.45) is 2.28. The summed E-state index contributed by atoms with van der Waals surface area (Å²) >= 11 is 1.38. The zero-order valence-electron chi connectivity index (χ0n) is 17.0. The lowest BCUT2D eigenvalue weighted by molar-refractivity contribution is 0.0679. The maximum Gasteiger partial charge on any atom is 0.257 e. The second-order valence-electron chi connectivity index (χ2n) is 7.17. The average molecular weight is 425 g/mol. The number of benzene rings is 2. The van der Waals surface area contributed by atoms with E-state index in [4.69, 9.17) is 14.2 Å². The molecule has 4 rings (SSSR count). The van der Waals surface area contributed by atoms with E-state index in [0.717, 1.165) is 47.8 Å². The van der Waals surface area contributed by atoms with E-state index in [1.54, 1.807) is 31.4 Å². The van der Waals surface area contributed by atoms with Crippen molar-refractivity contribution < 1.29 is 19.0 Å². The van der Waals surface area contributed by atoms with Gasteiger partial charge in [0.25, 0.3) is 5.91 Å². The van der Waals surface area contributed by atoms with Crippen LogP contribution in [0, 0.1) is 6.92 Å². The molecular weight excluding hydrogens is 400 g/mol. The van der Waals surface area contributed by atoms with Crippen LogP contribution in [-0.2, 0) is 4.74 Å². The van der Waals surface area contributed by atoms with Gasteiger partial charge in [0.05, 0.1) is 18.9 Å². The molecule has 1 fully saturated rings. The van der Waals surface area contributed by atoms with E-state index in [9.17, 15) is 4.79 Å². The van der Waals surface area contributed by atoms with Crippen LogP contribution in [0.15, 0.2) is 47.8 Å². The van der Waals surface area contributed by atoms with Crippen LogP contribution in [0.3, 0.4) is 0 Å². The Kier molecular flexibility index (Phi) is 6.30. The highest BCUT2D eigenvalue weighted by Crippen LogP contribution is 2.33. The second-order valence-corrected chi connectivity index (χ2v) is 8.02. The molecule has 156 valence electrons. The zero-order chi connectivity index (χ0) is 20.9. The SMILES string of the molecule is COc1ccc(C)cc1-c1csc(NC(=O)c2ccc(OCC3CCCO3)cc2)n1. The number of hydrogen-bond donors (Lipinski definition) is 1. The van der Waals surface area contributed by atoms with Crippen LogP contribution in [0.2, 0.25) is 0 Å². The first kappa shape index (κ1) is 20.4. The van der Waals surface area contributed by atoms with Gasteiger partial charge in [0.1, 0.15) is 18.1 Å². The fraction of sp³-hybridized carbons (Fsp3) is 0.304. The van der Waals surface area contributed by atoms with Gasteiger partial charge in [0, 0.05) is 23.1 Å². The van der Waals surface area contributed by atoms with E-state index >= 15 is 0 Å². The molecule has 1 saturated heterocycles. The van der Waals surface area contributed by atoms with E-state index < -0.39 is 0 Å². The monoisotopic (exact) mass is 424 g/mol. The number of hydrogen-bond acceptors (Lipinski definition) is 6. The first-order valence-electron chi connectivity index (χ1n) is 9.89. The Morgan fingerprint density at radius 1 is 1.27 bits per heavy atom. The number of nitrogens with zero attached hydrogens (tertiary/aromatic N) is 1. The summed E-state index contributed by atoms with van der Waals surface area (Å²) in [6.45, 7) is 3.37. The fourth-order valence-corrected chi connectivity index (χ4v) is 4.02. The van der Waals surface area contributed by atoms with Crippen LogP contribution in [0.25, 0.3) is 11.3 Å². The number of nitrogens with one attached hydrogen (secondary N) is 1. The number of rotatable bonds is 7. The Morgan fingerprint density at radius 3 is 2.83 bits per heavy atom. The molecule has 1 unspecified atom stereocenters. The van der Waals surface area contributed by atoms with E-state index in [2.05, 4.69) is 10.3 Å². The van der Waals surface area contributed by atoms with Gasteiger partial charge < -0.3 is 14.2 Å². The number of amides is 1. The molecule has 2 heterocycles. The Bertz CT molecular complexity index is 1010. The lowest BCUT2D eigenvalue weighted by Gasteiger charge is -2.11. The van der Waals surface area contributed by atoms with Crippen molar-refractivity contribution in [3.63, 3.8) is 0 Å². The van der Waals surface area contributed by atoms with Gasteiger partial charge >= 0.3 is 0 Å². The lowest BCUT2D eigenvalue weighted by atomic mass is 10.1. The summed E-state index contributed by atoms with van der Waals surface area (Å²) in [4.78, 5) is 17.1. The Hall–Kier alpha value is -2.90. The smallest absolute Gasteiger partial charge is 0.257 e. The fourth-order valence-electron chi connectivity index (χ4n) is 3.31. The van der Waals surface area contributed by atoms with Crippen molar-refractivity contribution in [2.45, 2.75) is 25.9 Å². The van der Waals surface area contributed by atoms with Gasteiger partial charge in [0.2, 0.25) is 0 Å². The third-order valence-electron chi connectivity index (χ3n) is 4.93. The molecule has 1 aromatic heterocycles. The summed E-state index contributed by atoms with van der Waals surface area (Å²) in [5.74, 6) is 1.27. The number of carbonyl (C=O) groups excluding carboxylic acids is 1. The third kappa shape index (κ3) is 4.80. The molecule has 1 aliphatic heterocycles. The topological polar surface area (TPSA) is 69.7 Å². The van der Waals surface area contributed by atoms with Crippen LogP contribution in [0.5, 0.6) is 11.5 Å². The molecular formula is C23H24N2O4S. The molecule has 0 saturated carbocycles. The maximum absolute atomic E-state index is 12.6. The number of thiazole rings is 1. The molecule has 1 atom stereocenters. The third-order valence-corrected chi connectivity index (χ3v) is 5.69. The van der Waals surface area contributed by atoms with Crippen molar-refractivity contribution in [3.8, 4) is 22.8 Å². The molecule has 1 amide bonds. The first-order chi connectivity index (χ1) is 14.6. The van der Waals surface area contributed by atoms with Gasteiger partial charge in [-0.25, -0.2) is 4.98 Å². The summed E-state index contributed by atoms with van der Waals surface area (Å²) in [5.41, 5.74) is 3.34. The minimum Gasteiger partial charge on any atom is -0.496 e. The lowest BCUT2D eigenvalue weighted by Crippen LogP contribution is -2.16. The molecule has 0 aliphatic carbocycles. The summed E-state index contributed by atoms with van der Waals surface area (Å²) in [7, 11) is 1.64. The molecule has 6 nitrogen and oxygen atoms in total. The normalized spacial score (nSPS) is 15.7. The summed E-state index contributed by atoms with van der Waals surface area (Å²) in [5, 5.41) is 5.31. The van der Waals surface area contributed by atoms with Gasteiger partial charge in [-0.3, -0.25) is 10.1 Å². The standard InChI is InChI=1S/C23H24N2O4S/c1-15-5-10-21(27-2)19(12-15)20-14-30-23(24-20)25-22(26)16-6-8-17(9-7-16)29-13-18-4-3-11-28-18/h5-10,12,14,18H,3-4,11,13H2,1-2H3,(H,24,25,26). The van der Waals surface area contributed by atoms with Crippen LogP contribution in [-0.4, -0.2) is 37.3 Å². The van der Waals surface area contributed by atoms with Crippen molar-refractivity contribution in [2.75, 3.05) is 25.6 Å². The molecule has 2 aromatic carbocycles. The second kappa shape index (κ2) is 9.28. The molecule has 30 heavy (non-hydrogen) atoms. The first-order valence-corrected chi connectivity index (χ1v) is 10.8. The summed E-state index contributed by atoms with van der Waals surface area (Å²) < 4.78 is 16.7. The van der Waals surface area contributed by atoms with Gasteiger partial charge in [-0.2, -0.15) is 0 Å². The molecule has 7 heteroatoms.